The van der Waals surface area contributed by atoms with Crippen LogP contribution in [0.4, 0.5) is 34.1 Å². The van der Waals surface area contributed by atoms with E-state index in [0.29, 0.717) is 27.7 Å². The fraction of sp³-hybridized carbons (Fsp3) is 0.0526. The van der Waals surface area contributed by atoms with Gasteiger partial charge >= 0.3 is 0 Å². The molecule has 0 atom stereocenters. The third-order valence-corrected chi connectivity index (χ3v) is 24.4. The number of fused-ring (bicyclic) bond motifs is 17. The predicted octanol–water partition coefficient (Wildman–Crippen LogP) is 32.3. The number of para-hydroxylation sites is 5. The van der Waals surface area contributed by atoms with Gasteiger partial charge in [0.15, 0.2) is 0 Å². The van der Waals surface area contributed by atoms with E-state index < -0.39 is 6.04 Å². The van der Waals surface area contributed by atoms with Gasteiger partial charge < -0.3 is 23.1 Å². The van der Waals surface area contributed by atoms with Crippen LogP contribution in [0.15, 0.2) is 426 Å². The van der Waals surface area contributed by atoms with E-state index in [4.69, 9.17) is 25.6 Å². The summed E-state index contributed by atoms with van der Waals surface area (Å²) >= 11 is 0. The van der Waals surface area contributed by atoms with Gasteiger partial charge in [0.25, 0.3) is 0 Å². The molecule has 0 aliphatic heterocycles. The van der Waals surface area contributed by atoms with Gasteiger partial charge in [-0.15, -0.1) is 0 Å². The molecule has 0 saturated carbocycles. The van der Waals surface area contributed by atoms with Crippen LogP contribution in [0.5, 0.6) is 0 Å². The summed E-state index contributed by atoms with van der Waals surface area (Å²) in [7, 11) is 0. The number of furan rings is 3. The molecule has 0 saturated heterocycles. The lowest BCUT2D eigenvalue weighted by Crippen LogP contribution is -2.15. The Morgan fingerprint density at radius 1 is 0.218 bits per heavy atom. The Hall–Kier alpha value is -15.0. The molecule has 119 heavy (non-hydrogen) atoms. The fourth-order valence-corrected chi connectivity index (χ4v) is 18.6. The SMILES string of the molecule is [2H]c1c([2H])c([2H])c(N(c2ccc(-c3ccccc3)cc2)c2ccc(-c3cccc4c3oc3c5c(cc(-c6ccccc6)c34)C(C)(C)c3ccccc3-5)cc2)c([2H])c1[2H].[2H]c1c([2H])c([2H])c2c(oc3cccc(-c4ccc(-c5cc6c(c7oc8c(-c9ccc(N(c%10ccccc%10)c%10ccc(-c%11ccccc%11)cc%10)cc9)cccc8c57)-c5ccccc5C6(C)C)cc4)c32)c1[2H]. The fourth-order valence-electron chi connectivity index (χ4n) is 18.6. The number of hydrogen-bond acceptors (Lipinski definition) is 5. The molecule has 0 amide bonds. The van der Waals surface area contributed by atoms with E-state index >= 15 is 0 Å². The lowest BCUT2D eigenvalue weighted by atomic mass is 9.81. The highest BCUT2D eigenvalue weighted by Crippen LogP contribution is 2.58. The van der Waals surface area contributed by atoms with Crippen molar-refractivity contribution in [3.8, 4) is 100 Å². The second kappa shape index (κ2) is 28.5. The summed E-state index contributed by atoms with van der Waals surface area (Å²) in [5.41, 5.74) is 32.2. The number of nitrogens with zero attached hydrogens (tertiary/aromatic N) is 2. The second-order valence-corrected chi connectivity index (χ2v) is 31.8. The molecule has 0 spiro atoms. The number of benzene rings is 18. The first-order valence-corrected chi connectivity index (χ1v) is 40.4. The molecule has 564 valence electrons. The Morgan fingerprint density at radius 2 is 0.555 bits per heavy atom. The maximum absolute atomic E-state index is 8.94. The van der Waals surface area contributed by atoms with Gasteiger partial charge in [0, 0.05) is 99.5 Å². The van der Waals surface area contributed by atoms with E-state index in [-0.39, 0.29) is 70.4 Å². The molecule has 23 rings (SSSR count). The summed E-state index contributed by atoms with van der Waals surface area (Å²) in [6.07, 6.45) is 0. The van der Waals surface area contributed by atoms with Gasteiger partial charge in [-0.05, 0) is 197 Å². The van der Waals surface area contributed by atoms with Gasteiger partial charge in [-0.25, -0.2) is 0 Å². The van der Waals surface area contributed by atoms with Crippen molar-refractivity contribution in [3.63, 3.8) is 0 Å². The van der Waals surface area contributed by atoms with E-state index in [9.17, 15) is 0 Å². The van der Waals surface area contributed by atoms with Crippen molar-refractivity contribution < 1.29 is 25.6 Å². The third-order valence-electron chi connectivity index (χ3n) is 24.4. The highest BCUT2D eigenvalue weighted by Gasteiger charge is 2.41. The molecule has 2 aliphatic rings. The molecular formula is C114H80N2O3. The van der Waals surface area contributed by atoms with Gasteiger partial charge in [-0.3, -0.25) is 0 Å². The van der Waals surface area contributed by atoms with Crippen molar-refractivity contribution in [3.05, 3.63) is 435 Å². The first-order valence-electron chi connectivity index (χ1n) is 44.9. The van der Waals surface area contributed by atoms with Gasteiger partial charge in [0.2, 0.25) is 0 Å². The first-order chi connectivity index (χ1) is 62.3. The number of rotatable bonds is 13. The molecule has 0 fully saturated rings. The molecule has 18 aromatic carbocycles. The van der Waals surface area contributed by atoms with Crippen molar-refractivity contribution in [2.45, 2.75) is 38.5 Å². The van der Waals surface area contributed by atoms with Crippen LogP contribution in [0.1, 0.15) is 62.3 Å². The van der Waals surface area contributed by atoms with E-state index in [1.807, 2.05) is 115 Å². The van der Waals surface area contributed by atoms with E-state index in [0.717, 1.165) is 139 Å². The molecule has 5 heteroatoms. The van der Waals surface area contributed by atoms with Crippen LogP contribution in [0.3, 0.4) is 0 Å². The van der Waals surface area contributed by atoms with Crippen LogP contribution in [0, 0.1) is 0 Å². The second-order valence-electron chi connectivity index (χ2n) is 31.8. The standard InChI is InChI=1S/C63H43NO2.C51H37NO/c1-63(2)54-24-11-9-19-50(54)60-55(63)39-53(44-29-27-42(28-30-44)48-21-14-26-57-58(48)51-20-10-12-25-56(51)65-57)59-52-23-13-22-49(61(52)66-62(59)60)43-33-37-47(38-34-43)64(45-17-7-4-8-18-45)46-35-31-41(32-36-46)40-15-5-3-6-16-40;1-51(2)45-24-13-12-21-42(45)48-46(51)33-44(36-17-8-4-9-18-36)47-43-23-14-22-41(49(43)53-50(47)48)37-27-31-40(32-28-37)52(38-19-10-5-11-20-38)39-29-25-35(26-30-39)34-15-6-3-7-16-34/h3-39H,1-2H3;3-33H,1-2H3/i10D,12D,20D,25D;5D,10D,11D,19D,20D. The molecule has 0 unspecified atom stereocenters. The van der Waals surface area contributed by atoms with Crippen molar-refractivity contribution in [1.82, 2.24) is 0 Å². The number of anilines is 6. The summed E-state index contributed by atoms with van der Waals surface area (Å²) < 4.78 is 97.8. The average molecular weight is 1530 g/mol. The minimum Gasteiger partial charge on any atom is -0.456 e. The van der Waals surface area contributed by atoms with E-state index in [1.165, 1.54) is 44.5 Å². The normalized spacial score (nSPS) is 13.9. The Labute approximate surface area is 704 Å². The predicted molar refractivity (Wildman–Crippen MR) is 497 cm³/mol. The van der Waals surface area contributed by atoms with Crippen LogP contribution < -0.4 is 9.80 Å². The Kier molecular flexibility index (Phi) is 14.7. The average Bonchev–Trinajstić information content (AvgIpc) is 1.54. The largest absolute Gasteiger partial charge is 0.456 e. The molecule has 5 nitrogen and oxygen atoms in total. The molecule has 21 aromatic rings. The summed E-state index contributed by atoms with van der Waals surface area (Å²) in [4.78, 5) is 4.04. The zero-order valence-corrected chi connectivity index (χ0v) is 65.7. The minimum atomic E-state index is -0.430. The van der Waals surface area contributed by atoms with Crippen LogP contribution in [0.2, 0.25) is 0 Å². The third kappa shape index (κ3) is 11.8. The van der Waals surface area contributed by atoms with Crippen molar-refractivity contribution in [2.24, 2.45) is 0 Å². The molecule has 2 aliphatic carbocycles. The monoisotopic (exact) mass is 1530 g/mol. The smallest absolute Gasteiger partial charge is 0.144 e. The van der Waals surface area contributed by atoms with Gasteiger partial charge in [0.05, 0.1) is 12.3 Å². The summed E-state index contributed by atoms with van der Waals surface area (Å²) in [5, 5.41) is 5.26. The molecule has 0 radical (unpaired) electrons. The summed E-state index contributed by atoms with van der Waals surface area (Å²) in [6, 6.07) is 121. The van der Waals surface area contributed by atoms with Gasteiger partial charge in [-0.1, -0.05) is 343 Å². The highest BCUT2D eigenvalue weighted by molar-refractivity contribution is 6.22. The first kappa shape index (κ1) is 61.4. The minimum absolute atomic E-state index is 0.0797. The molecular weight excluding hydrogens is 1450 g/mol. The molecule has 0 bridgehead atoms. The zero-order chi connectivity index (χ0) is 87.3. The topological polar surface area (TPSA) is 45.9 Å². The highest BCUT2D eigenvalue weighted by atomic mass is 16.3. The summed E-state index contributed by atoms with van der Waals surface area (Å²) in [6.45, 7) is 9.18. The molecule has 3 heterocycles. The van der Waals surface area contributed by atoms with E-state index in [2.05, 4.69) is 275 Å². The molecule has 3 aromatic heterocycles. The van der Waals surface area contributed by atoms with E-state index in [1.54, 1.807) is 4.90 Å². The quantitative estimate of drug-likeness (QED) is 0.115. The number of hydrogen-bond donors (Lipinski definition) is 0. The summed E-state index contributed by atoms with van der Waals surface area (Å²) in [5.74, 6) is 0. The van der Waals surface area contributed by atoms with Crippen LogP contribution in [-0.4, -0.2) is 0 Å². The van der Waals surface area contributed by atoms with Gasteiger partial charge in [0.1, 0.15) is 33.5 Å². The Balaban J connectivity index is 0.000000154. The lowest BCUT2D eigenvalue weighted by Gasteiger charge is -2.26. The Morgan fingerprint density at radius 3 is 1.03 bits per heavy atom. The van der Waals surface area contributed by atoms with Gasteiger partial charge in [-0.2, -0.15) is 0 Å². The molecule has 0 N–H and O–H groups in total. The van der Waals surface area contributed by atoms with Crippen molar-refractivity contribution >= 4 is 99.9 Å². The van der Waals surface area contributed by atoms with Crippen LogP contribution in [-0.2, 0) is 10.8 Å². The Bertz CT molecular complexity index is 8020. The van der Waals surface area contributed by atoms with Crippen LogP contribution in [0.25, 0.3) is 166 Å². The zero-order valence-electron chi connectivity index (χ0n) is 74.7. The lowest BCUT2D eigenvalue weighted by molar-refractivity contribution is 0.654. The van der Waals surface area contributed by atoms with Crippen molar-refractivity contribution in [2.75, 3.05) is 9.80 Å². The maximum atomic E-state index is 8.94. The maximum Gasteiger partial charge on any atom is 0.144 e. The van der Waals surface area contributed by atoms with Crippen molar-refractivity contribution in [1.29, 1.82) is 0 Å². The van der Waals surface area contributed by atoms with Crippen LogP contribution >= 0.6 is 0 Å².